The van der Waals surface area contributed by atoms with Crippen molar-refractivity contribution in [1.29, 1.82) is 0 Å². The lowest BCUT2D eigenvalue weighted by molar-refractivity contribution is 0.221. The molecule has 5 nitrogen and oxygen atoms in total. The third kappa shape index (κ3) is 7.23. The monoisotopic (exact) mass is 367 g/mol. The molecule has 0 aliphatic carbocycles. The van der Waals surface area contributed by atoms with Crippen molar-refractivity contribution in [2.24, 2.45) is 4.99 Å². The number of piperidine rings is 1. The maximum Gasteiger partial charge on any atom is 0.191 e. The molecule has 0 aromatic carbocycles. The van der Waals surface area contributed by atoms with E-state index in [9.17, 15) is 0 Å². The van der Waals surface area contributed by atoms with Crippen LogP contribution in [0.15, 0.2) is 33.1 Å². The van der Waals surface area contributed by atoms with E-state index in [-0.39, 0.29) is 0 Å². The van der Waals surface area contributed by atoms with Crippen LogP contribution in [0.3, 0.4) is 0 Å². The minimum atomic E-state index is 0.516. The summed E-state index contributed by atoms with van der Waals surface area (Å²) < 4.78 is 1.15. The smallest absolute Gasteiger partial charge is 0.191 e. The van der Waals surface area contributed by atoms with Gasteiger partial charge in [-0.3, -0.25) is 9.89 Å². The summed E-state index contributed by atoms with van der Waals surface area (Å²) in [7, 11) is 1.84. The van der Waals surface area contributed by atoms with Crippen LogP contribution < -0.4 is 10.6 Å². The van der Waals surface area contributed by atoms with E-state index in [4.69, 9.17) is 0 Å². The third-order valence-corrected chi connectivity index (χ3v) is 5.95. The Balaban J connectivity index is 1.58. The molecular weight excluding hydrogens is 338 g/mol. The number of thioether (sulfide) groups is 1. The van der Waals surface area contributed by atoms with Crippen LogP contribution in [0.1, 0.15) is 26.2 Å². The van der Waals surface area contributed by atoms with Crippen molar-refractivity contribution in [1.82, 2.24) is 20.5 Å². The van der Waals surface area contributed by atoms with Crippen molar-refractivity contribution in [2.75, 3.05) is 39.0 Å². The number of hydrogen-bond acceptors (Lipinski definition) is 5. The van der Waals surface area contributed by atoms with Crippen molar-refractivity contribution in [3.8, 4) is 0 Å². The van der Waals surface area contributed by atoms with Crippen molar-refractivity contribution in [3.05, 3.63) is 23.7 Å². The minimum Gasteiger partial charge on any atom is -0.356 e. The van der Waals surface area contributed by atoms with Gasteiger partial charge in [-0.25, -0.2) is 4.98 Å². The van der Waals surface area contributed by atoms with E-state index >= 15 is 0 Å². The Bertz CT molecular complexity index is 507. The van der Waals surface area contributed by atoms with Gasteiger partial charge in [0, 0.05) is 56.6 Å². The lowest BCUT2D eigenvalue weighted by Crippen LogP contribution is -2.49. The molecule has 1 fully saturated rings. The first-order valence-corrected chi connectivity index (χ1v) is 10.4. The van der Waals surface area contributed by atoms with Gasteiger partial charge in [0.1, 0.15) is 4.34 Å². The van der Waals surface area contributed by atoms with Gasteiger partial charge in [0.05, 0.1) is 0 Å². The lowest BCUT2D eigenvalue weighted by Gasteiger charge is -2.33. The molecule has 2 rings (SSSR count). The van der Waals surface area contributed by atoms with Crippen LogP contribution in [-0.2, 0) is 0 Å². The summed E-state index contributed by atoms with van der Waals surface area (Å²) in [4.78, 5) is 11.1. The van der Waals surface area contributed by atoms with Crippen LogP contribution in [0.25, 0.3) is 0 Å². The van der Waals surface area contributed by atoms with Crippen molar-refractivity contribution >= 4 is 29.1 Å². The molecular formula is C17H29N5S2. The highest BCUT2D eigenvalue weighted by molar-refractivity contribution is 8.00. The maximum atomic E-state index is 4.35. The second kappa shape index (κ2) is 10.7. The average Bonchev–Trinajstić information content (AvgIpc) is 3.08. The number of guanidine groups is 1. The van der Waals surface area contributed by atoms with E-state index in [1.54, 1.807) is 11.3 Å². The first-order chi connectivity index (χ1) is 11.7. The Hall–Kier alpha value is -1.05. The highest BCUT2D eigenvalue weighted by Crippen LogP contribution is 2.20. The fourth-order valence-electron chi connectivity index (χ4n) is 2.73. The predicted molar refractivity (Wildman–Crippen MR) is 106 cm³/mol. The van der Waals surface area contributed by atoms with Gasteiger partial charge in [0.2, 0.25) is 0 Å². The molecule has 0 atom stereocenters. The van der Waals surface area contributed by atoms with Gasteiger partial charge in [-0.2, -0.15) is 0 Å². The average molecular weight is 368 g/mol. The molecule has 1 aromatic rings. The second-order valence-corrected chi connectivity index (χ2v) is 8.39. The van der Waals surface area contributed by atoms with Gasteiger partial charge in [-0.15, -0.1) is 11.3 Å². The molecule has 0 radical (unpaired) electrons. The first kappa shape index (κ1) is 19.3. The summed E-state index contributed by atoms with van der Waals surface area (Å²) in [6.45, 7) is 10.3. The summed E-state index contributed by atoms with van der Waals surface area (Å²) in [5, 5.41) is 9.00. The van der Waals surface area contributed by atoms with Gasteiger partial charge < -0.3 is 10.6 Å². The number of hydrogen-bond donors (Lipinski definition) is 2. The number of aromatic nitrogens is 1. The maximum absolute atomic E-state index is 4.35. The van der Waals surface area contributed by atoms with E-state index in [2.05, 4.69) is 39.0 Å². The van der Waals surface area contributed by atoms with Gasteiger partial charge in [0.15, 0.2) is 5.96 Å². The van der Waals surface area contributed by atoms with Crippen molar-refractivity contribution in [3.63, 3.8) is 0 Å². The Kier molecular flexibility index (Phi) is 8.63. The third-order valence-electron chi connectivity index (χ3n) is 3.89. The van der Waals surface area contributed by atoms with E-state index in [0.717, 1.165) is 61.5 Å². The minimum absolute atomic E-state index is 0.516. The summed E-state index contributed by atoms with van der Waals surface area (Å²) in [6.07, 6.45) is 5.28. The Morgan fingerprint density at radius 2 is 2.29 bits per heavy atom. The van der Waals surface area contributed by atoms with E-state index in [0.29, 0.717) is 6.04 Å². The van der Waals surface area contributed by atoms with Crippen LogP contribution >= 0.6 is 23.1 Å². The van der Waals surface area contributed by atoms with Gasteiger partial charge >= 0.3 is 0 Å². The number of likely N-dealkylation sites (tertiary alicyclic amines) is 1. The van der Waals surface area contributed by atoms with Crippen LogP contribution in [0.5, 0.6) is 0 Å². The lowest BCUT2D eigenvalue weighted by atomic mass is 10.0. The molecule has 1 aliphatic rings. The molecule has 0 amide bonds. The van der Waals surface area contributed by atoms with Gasteiger partial charge in [-0.1, -0.05) is 23.9 Å². The highest BCUT2D eigenvalue weighted by Gasteiger charge is 2.19. The number of aliphatic imine (C=N–C) groups is 1. The molecule has 2 heterocycles. The summed E-state index contributed by atoms with van der Waals surface area (Å²) in [5.74, 6) is 2.00. The molecule has 24 heavy (non-hydrogen) atoms. The molecule has 134 valence electrons. The zero-order valence-corrected chi connectivity index (χ0v) is 16.4. The van der Waals surface area contributed by atoms with Crippen LogP contribution in [-0.4, -0.2) is 60.9 Å². The van der Waals surface area contributed by atoms with Gasteiger partial charge in [-0.05, 0) is 26.2 Å². The summed E-state index contributed by atoms with van der Waals surface area (Å²) in [5.41, 5.74) is 1.24. The zero-order valence-electron chi connectivity index (χ0n) is 14.8. The number of thiazole rings is 1. The molecule has 1 saturated heterocycles. The predicted octanol–water partition coefficient (Wildman–Crippen LogP) is 2.83. The van der Waals surface area contributed by atoms with Crippen molar-refractivity contribution < 1.29 is 0 Å². The second-order valence-electron chi connectivity index (χ2n) is 6.15. The SMILES string of the molecule is C=C(C)CN1CCC(NC(=NC)NCCCSc2nccs2)CC1. The van der Waals surface area contributed by atoms with E-state index < -0.39 is 0 Å². The molecule has 1 aliphatic heterocycles. The van der Waals surface area contributed by atoms with Crippen molar-refractivity contribution in [2.45, 2.75) is 36.6 Å². The van der Waals surface area contributed by atoms with E-state index in [1.165, 1.54) is 5.57 Å². The quantitative estimate of drug-likeness (QED) is 0.243. The van der Waals surface area contributed by atoms with Crippen LogP contribution in [0, 0.1) is 0 Å². The normalized spacial score (nSPS) is 17.0. The Morgan fingerprint density at radius 3 is 2.92 bits per heavy atom. The summed E-state index contributed by atoms with van der Waals surface area (Å²) in [6, 6.07) is 0.516. The fraction of sp³-hybridized carbons (Fsp3) is 0.647. The standard InChI is InChI=1S/C17H29N5S2/c1-14(2)13-22-9-5-15(6-10-22)21-16(18-3)19-7-4-11-23-17-20-8-12-24-17/h8,12,15H,1,4-7,9-11,13H2,2-3H3,(H2,18,19,21). The Labute approximate surface area is 154 Å². The largest absolute Gasteiger partial charge is 0.356 e. The van der Waals surface area contributed by atoms with E-state index in [1.807, 2.05) is 30.4 Å². The first-order valence-electron chi connectivity index (χ1n) is 8.53. The molecule has 0 unspecified atom stereocenters. The highest BCUT2D eigenvalue weighted by atomic mass is 32.2. The topological polar surface area (TPSA) is 52.5 Å². The number of nitrogens with one attached hydrogen (secondary N) is 2. The molecule has 0 spiro atoms. The molecule has 0 bridgehead atoms. The Morgan fingerprint density at radius 1 is 1.50 bits per heavy atom. The van der Waals surface area contributed by atoms with Crippen LogP contribution in [0.4, 0.5) is 0 Å². The molecule has 2 N–H and O–H groups in total. The molecule has 1 aromatic heterocycles. The fourth-order valence-corrected chi connectivity index (χ4v) is 4.37. The van der Waals surface area contributed by atoms with Crippen LogP contribution in [0.2, 0.25) is 0 Å². The number of rotatable bonds is 8. The summed E-state index contributed by atoms with van der Waals surface area (Å²) >= 11 is 3.53. The molecule has 7 heteroatoms. The molecule has 0 saturated carbocycles. The number of nitrogens with zero attached hydrogens (tertiary/aromatic N) is 3. The zero-order chi connectivity index (χ0) is 17.2. The van der Waals surface area contributed by atoms with Gasteiger partial charge in [0.25, 0.3) is 0 Å².